The third-order valence-corrected chi connectivity index (χ3v) is 4.44. The lowest BCUT2D eigenvalue weighted by Gasteiger charge is -2.34. The predicted octanol–water partition coefficient (Wildman–Crippen LogP) is 2.08. The van der Waals surface area contributed by atoms with Crippen LogP contribution in [0.15, 0.2) is 57.7 Å². The number of rotatable bonds is 2. The second kappa shape index (κ2) is 6.99. The minimum atomic E-state index is -0.555. The Kier molecular flexibility index (Phi) is 4.37. The Balaban J connectivity index is 1.38. The number of nitrogens with one attached hydrogen (secondary N) is 1. The molecule has 0 unspecified atom stereocenters. The van der Waals surface area contributed by atoms with E-state index in [2.05, 4.69) is 4.98 Å². The number of oxazole rings is 1. The highest BCUT2D eigenvalue weighted by molar-refractivity contribution is 5.97. The van der Waals surface area contributed by atoms with E-state index in [0.29, 0.717) is 48.6 Å². The average Bonchev–Trinajstić information content (AvgIpc) is 3.07. The summed E-state index contributed by atoms with van der Waals surface area (Å²) in [7, 11) is 0. The van der Waals surface area contributed by atoms with Crippen LogP contribution in [-0.4, -0.2) is 53.0 Å². The van der Waals surface area contributed by atoms with E-state index in [1.54, 1.807) is 52.3 Å². The van der Waals surface area contributed by atoms with Crippen LogP contribution in [0.25, 0.3) is 11.1 Å². The highest BCUT2D eigenvalue weighted by atomic mass is 16.6. The lowest BCUT2D eigenvalue weighted by atomic mass is 10.1. The molecule has 1 aromatic heterocycles. The van der Waals surface area contributed by atoms with Crippen LogP contribution in [0.4, 0.5) is 4.79 Å². The van der Waals surface area contributed by atoms with Gasteiger partial charge in [0.2, 0.25) is 0 Å². The fraction of sp³-hybridized carbons (Fsp3) is 0.211. The normalized spacial score (nSPS) is 14.4. The number of nitrogens with zero attached hydrogens (tertiary/aromatic N) is 2. The van der Waals surface area contributed by atoms with Crippen LogP contribution in [0.1, 0.15) is 10.4 Å². The molecule has 1 aliphatic rings. The van der Waals surface area contributed by atoms with Gasteiger partial charge in [-0.3, -0.25) is 9.78 Å². The fourth-order valence-corrected chi connectivity index (χ4v) is 3.01. The molecule has 8 nitrogen and oxygen atoms in total. The van der Waals surface area contributed by atoms with Crippen molar-refractivity contribution in [1.82, 2.24) is 14.8 Å². The molecule has 1 saturated heterocycles. The zero-order valence-electron chi connectivity index (χ0n) is 14.4. The molecule has 1 N–H and O–H groups in total. The molecule has 0 aliphatic carbocycles. The molecule has 2 aromatic carbocycles. The van der Waals surface area contributed by atoms with Crippen LogP contribution >= 0.6 is 0 Å². The molecule has 0 atom stereocenters. The minimum Gasteiger partial charge on any atom is -0.410 e. The number of H-pyrrole nitrogens is 1. The van der Waals surface area contributed by atoms with Crippen molar-refractivity contribution in [2.75, 3.05) is 26.2 Å². The van der Waals surface area contributed by atoms with Crippen molar-refractivity contribution in [3.05, 3.63) is 64.6 Å². The van der Waals surface area contributed by atoms with Gasteiger partial charge in [-0.2, -0.15) is 0 Å². The maximum atomic E-state index is 12.7. The molecule has 2 heterocycles. The summed E-state index contributed by atoms with van der Waals surface area (Å²) in [6.07, 6.45) is -0.425. The highest BCUT2D eigenvalue weighted by Gasteiger charge is 2.26. The number of fused-ring (bicyclic) bond motifs is 1. The van der Waals surface area contributed by atoms with Gasteiger partial charge in [-0.1, -0.05) is 18.2 Å². The molecule has 0 spiro atoms. The van der Waals surface area contributed by atoms with Crippen LogP contribution in [0.2, 0.25) is 0 Å². The number of aromatic nitrogens is 1. The van der Waals surface area contributed by atoms with Crippen molar-refractivity contribution in [3.8, 4) is 5.75 Å². The summed E-state index contributed by atoms with van der Waals surface area (Å²) >= 11 is 0. The predicted molar refractivity (Wildman–Crippen MR) is 96.8 cm³/mol. The molecule has 0 saturated carbocycles. The van der Waals surface area contributed by atoms with Gasteiger partial charge in [0.05, 0.1) is 5.52 Å². The molecule has 0 radical (unpaired) electrons. The molecule has 0 bridgehead atoms. The largest absolute Gasteiger partial charge is 0.417 e. The van der Waals surface area contributed by atoms with Gasteiger partial charge in [0, 0.05) is 31.7 Å². The number of hydrogen-bond donors (Lipinski definition) is 1. The number of ether oxygens (including phenoxy) is 1. The van der Waals surface area contributed by atoms with Crippen molar-refractivity contribution in [1.29, 1.82) is 0 Å². The van der Waals surface area contributed by atoms with E-state index >= 15 is 0 Å². The summed E-state index contributed by atoms with van der Waals surface area (Å²) in [5.74, 6) is -0.224. The molecule has 2 amide bonds. The number of benzene rings is 2. The average molecular weight is 367 g/mol. The molecular formula is C19H17N3O5. The van der Waals surface area contributed by atoms with Gasteiger partial charge in [0.25, 0.3) is 5.91 Å². The van der Waals surface area contributed by atoms with E-state index in [1.807, 2.05) is 6.07 Å². The summed E-state index contributed by atoms with van der Waals surface area (Å²) in [6, 6.07) is 13.7. The second-order valence-corrected chi connectivity index (χ2v) is 6.19. The Bertz CT molecular complexity index is 1030. The fourth-order valence-electron chi connectivity index (χ4n) is 3.01. The van der Waals surface area contributed by atoms with E-state index in [4.69, 9.17) is 9.15 Å². The monoisotopic (exact) mass is 367 g/mol. The van der Waals surface area contributed by atoms with Gasteiger partial charge in [-0.05, 0) is 30.3 Å². The van der Waals surface area contributed by atoms with E-state index in [1.165, 1.54) is 0 Å². The van der Waals surface area contributed by atoms with Crippen molar-refractivity contribution >= 4 is 23.1 Å². The number of carbonyl (C=O) groups is 2. The number of carbonyl (C=O) groups excluding carboxylic acids is 2. The van der Waals surface area contributed by atoms with Crippen molar-refractivity contribution in [3.63, 3.8) is 0 Å². The number of aromatic amines is 1. The summed E-state index contributed by atoms with van der Waals surface area (Å²) in [5, 5.41) is 0. The third kappa shape index (κ3) is 3.55. The molecule has 4 rings (SSSR count). The number of para-hydroxylation sites is 1. The molecule has 1 aliphatic heterocycles. The van der Waals surface area contributed by atoms with E-state index in [9.17, 15) is 14.4 Å². The van der Waals surface area contributed by atoms with E-state index in [0.717, 1.165) is 0 Å². The van der Waals surface area contributed by atoms with Gasteiger partial charge in [0.15, 0.2) is 5.58 Å². The van der Waals surface area contributed by atoms with Gasteiger partial charge in [-0.25, -0.2) is 9.59 Å². The van der Waals surface area contributed by atoms with Crippen LogP contribution in [-0.2, 0) is 0 Å². The minimum absolute atomic E-state index is 0.157. The molecule has 27 heavy (non-hydrogen) atoms. The van der Waals surface area contributed by atoms with Crippen molar-refractivity contribution in [2.45, 2.75) is 0 Å². The first kappa shape index (κ1) is 16.9. The van der Waals surface area contributed by atoms with E-state index in [-0.39, 0.29) is 5.91 Å². The Morgan fingerprint density at radius 1 is 0.963 bits per heavy atom. The quantitative estimate of drug-likeness (QED) is 0.748. The Hall–Kier alpha value is -3.55. The zero-order valence-corrected chi connectivity index (χ0v) is 14.4. The first-order valence-electron chi connectivity index (χ1n) is 8.54. The highest BCUT2D eigenvalue weighted by Crippen LogP contribution is 2.16. The van der Waals surface area contributed by atoms with Gasteiger partial charge in [-0.15, -0.1) is 0 Å². The Labute approximate surface area is 153 Å². The van der Waals surface area contributed by atoms with E-state index < -0.39 is 11.8 Å². The summed E-state index contributed by atoms with van der Waals surface area (Å²) in [5.41, 5.74) is 1.35. The first-order valence-corrected chi connectivity index (χ1v) is 8.54. The lowest BCUT2D eigenvalue weighted by Crippen LogP contribution is -2.51. The van der Waals surface area contributed by atoms with Crippen molar-refractivity contribution in [2.24, 2.45) is 0 Å². The van der Waals surface area contributed by atoms with Crippen LogP contribution < -0.4 is 10.5 Å². The molecule has 1 fully saturated rings. The number of hydrogen-bond acceptors (Lipinski definition) is 5. The third-order valence-electron chi connectivity index (χ3n) is 4.44. The smallest absolute Gasteiger partial charge is 0.410 e. The van der Waals surface area contributed by atoms with Crippen LogP contribution in [0.3, 0.4) is 0 Å². The zero-order chi connectivity index (χ0) is 18.8. The molecule has 8 heteroatoms. The van der Waals surface area contributed by atoms with Gasteiger partial charge < -0.3 is 19.0 Å². The Morgan fingerprint density at radius 2 is 1.67 bits per heavy atom. The number of piperazine rings is 1. The number of amides is 2. The maximum absolute atomic E-state index is 12.7. The summed E-state index contributed by atoms with van der Waals surface area (Å²) in [6.45, 7) is 1.59. The molecular weight excluding hydrogens is 350 g/mol. The van der Waals surface area contributed by atoms with Crippen LogP contribution in [0, 0.1) is 0 Å². The first-order chi connectivity index (χ1) is 13.1. The lowest BCUT2D eigenvalue weighted by molar-refractivity contribution is 0.0633. The van der Waals surface area contributed by atoms with Crippen LogP contribution in [0.5, 0.6) is 5.75 Å². The van der Waals surface area contributed by atoms with Gasteiger partial charge in [0.1, 0.15) is 5.75 Å². The maximum Gasteiger partial charge on any atom is 0.417 e. The molecule has 138 valence electrons. The topological polar surface area (TPSA) is 95.8 Å². The Morgan fingerprint density at radius 3 is 2.41 bits per heavy atom. The second-order valence-electron chi connectivity index (χ2n) is 6.19. The van der Waals surface area contributed by atoms with Crippen molar-refractivity contribution < 1.29 is 18.7 Å². The summed E-state index contributed by atoms with van der Waals surface area (Å²) in [4.78, 5) is 41.9. The van der Waals surface area contributed by atoms with Gasteiger partial charge >= 0.3 is 11.8 Å². The summed E-state index contributed by atoms with van der Waals surface area (Å²) < 4.78 is 10.3. The SMILES string of the molecule is O=C(Oc1ccccc1)N1CCN(C(=O)c2ccc3oc(=O)[nH]c3c2)CC1. The standard InChI is InChI=1S/C19H17N3O5/c23-17(13-6-7-16-15(12-13)20-18(24)27-16)21-8-10-22(11-9-21)19(25)26-14-4-2-1-3-5-14/h1-7,12H,8-11H2,(H,20,24). The molecule has 3 aromatic rings.